The van der Waals surface area contributed by atoms with Gasteiger partial charge < -0.3 is 5.32 Å². The van der Waals surface area contributed by atoms with Crippen molar-refractivity contribution >= 4 is 51.1 Å². The molecule has 0 fully saturated rings. The summed E-state index contributed by atoms with van der Waals surface area (Å²) >= 11 is 7.10. The Morgan fingerprint density at radius 1 is 1.00 bits per heavy atom. The summed E-state index contributed by atoms with van der Waals surface area (Å²) in [4.78, 5) is 25.0. The van der Waals surface area contributed by atoms with E-state index in [-0.39, 0.29) is 24.5 Å². The molecular weight excluding hydrogens is 354 g/mol. The third kappa shape index (κ3) is 3.20. The molecule has 5 heteroatoms. The van der Waals surface area contributed by atoms with Gasteiger partial charge in [-0.25, -0.2) is 0 Å². The highest BCUT2D eigenvalue weighted by atomic mass is 35.5. The van der Waals surface area contributed by atoms with Crippen molar-refractivity contribution in [2.75, 3.05) is 5.32 Å². The number of benzene rings is 2. The lowest BCUT2D eigenvalue weighted by atomic mass is 10.0. The van der Waals surface area contributed by atoms with Crippen LogP contribution in [0, 0.1) is 0 Å². The van der Waals surface area contributed by atoms with Crippen LogP contribution in [0.1, 0.15) is 33.6 Å². The molecule has 0 aliphatic heterocycles. The lowest BCUT2D eigenvalue weighted by molar-refractivity contribution is -0.116. The zero-order chi connectivity index (χ0) is 17.4. The molecule has 0 unspecified atom stereocenters. The Hall–Kier alpha value is -2.17. The van der Waals surface area contributed by atoms with Crippen molar-refractivity contribution in [3.8, 4) is 0 Å². The Labute approximate surface area is 154 Å². The number of hydrogen-bond donors (Lipinski definition) is 1. The molecule has 1 N–H and O–H groups in total. The van der Waals surface area contributed by atoms with Crippen LogP contribution in [0.15, 0.2) is 42.5 Å². The Morgan fingerprint density at radius 3 is 2.56 bits per heavy atom. The van der Waals surface area contributed by atoms with E-state index in [1.165, 1.54) is 27.8 Å². The van der Waals surface area contributed by atoms with Crippen LogP contribution < -0.4 is 5.32 Å². The average Bonchev–Trinajstić information content (AvgIpc) is 3.23. The SMILES string of the molecule is O=C(CCC(=O)c1ccc(Cl)s1)Nc1ccc2c3c(cccc13)CC2. The van der Waals surface area contributed by atoms with Crippen LogP contribution in [-0.2, 0) is 17.6 Å². The standard InChI is InChI=1S/C20H16ClNO2S/c21-18-10-9-17(25-18)16(23)8-11-19(24)22-15-7-6-13-5-4-12-2-1-3-14(15)20(12)13/h1-3,6-7,9-10H,4-5,8,11H2,(H,22,24). The number of aryl methyl sites for hydroxylation is 2. The highest BCUT2D eigenvalue weighted by Gasteiger charge is 2.17. The van der Waals surface area contributed by atoms with Crippen molar-refractivity contribution in [1.82, 2.24) is 0 Å². The van der Waals surface area contributed by atoms with Crippen molar-refractivity contribution in [2.24, 2.45) is 0 Å². The first-order valence-electron chi connectivity index (χ1n) is 8.24. The molecular formula is C20H16ClNO2S. The minimum absolute atomic E-state index is 0.0486. The van der Waals surface area contributed by atoms with E-state index in [9.17, 15) is 9.59 Å². The van der Waals surface area contributed by atoms with E-state index < -0.39 is 0 Å². The molecule has 4 rings (SSSR count). The molecule has 1 amide bonds. The smallest absolute Gasteiger partial charge is 0.224 e. The third-order valence-electron chi connectivity index (χ3n) is 4.58. The summed E-state index contributed by atoms with van der Waals surface area (Å²) in [5, 5.41) is 5.31. The molecule has 0 saturated carbocycles. The van der Waals surface area contributed by atoms with Crippen LogP contribution in [0.25, 0.3) is 10.8 Å². The molecule has 0 saturated heterocycles. The molecule has 2 aromatic carbocycles. The molecule has 0 spiro atoms. The fraction of sp³-hybridized carbons (Fsp3) is 0.200. The number of nitrogens with one attached hydrogen (secondary N) is 1. The van der Waals surface area contributed by atoms with Crippen molar-refractivity contribution in [2.45, 2.75) is 25.7 Å². The predicted octanol–water partition coefficient (Wildman–Crippen LogP) is 5.25. The minimum atomic E-state index is -0.144. The quantitative estimate of drug-likeness (QED) is 0.624. The number of thiophene rings is 1. The monoisotopic (exact) mass is 369 g/mol. The van der Waals surface area contributed by atoms with Crippen molar-refractivity contribution in [3.63, 3.8) is 0 Å². The van der Waals surface area contributed by atoms with Gasteiger partial charge in [0.25, 0.3) is 0 Å². The van der Waals surface area contributed by atoms with Gasteiger partial charge in [0.15, 0.2) is 5.78 Å². The van der Waals surface area contributed by atoms with E-state index in [0.717, 1.165) is 23.9 Å². The summed E-state index contributed by atoms with van der Waals surface area (Å²) in [6, 6.07) is 13.7. The number of ketones is 1. The van der Waals surface area contributed by atoms with Crippen LogP contribution in [-0.4, -0.2) is 11.7 Å². The second-order valence-electron chi connectivity index (χ2n) is 6.19. The van der Waals surface area contributed by atoms with E-state index in [1.54, 1.807) is 12.1 Å². The fourth-order valence-electron chi connectivity index (χ4n) is 3.38. The maximum Gasteiger partial charge on any atom is 0.224 e. The molecule has 3 nitrogen and oxygen atoms in total. The van der Waals surface area contributed by atoms with Crippen molar-refractivity contribution in [1.29, 1.82) is 0 Å². The number of halogens is 1. The predicted molar refractivity (Wildman–Crippen MR) is 103 cm³/mol. The minimum Gasteiger partial charge on any atom is -0.326 e. The molecule has 1 aromatic heterocycles. The lowest BCUT2D eigenvalue weighted by Crippen LogP contribution is -2.13. The topological polar surface area (TPSA) is 46.2 Å². The van der Waals surface area contributed by atoms with Gasteiger partial charge in [-0.2, -0.15) is 0 Å². The van der Waals surface area contributed by atoms with E-state index >= 15 is 0 Å². The molecule has 0 radical (unpaired) electrons. The molecule has 1 aliphatic carbocycles. The fourth-order valence-corrected chi connectivity index (χ4v) is 4.39. The summed E-state index contributed by atoms with van der Waals surface area (Å²) in [5.74, 6) is -0.192. The second-order valence-corrected chi connectivity index (χ2v) is 7.90. The Balaban J connectivity index is 1.47. The Kier molecular flexibility index (Phi) is 4.32. The van der Waals surface area contributed by atoms with E-state index in [1.807, 2.05) is 18.2 Å². The van der Waals surface area contributed by atoms with E-state index in [4.69, 9.17) is 11.6 Å². The Bertz CT molecular complexity index is 982. The molecule has 0 bridgehead atoms. The molecule has 1 aliphatic rings. The van der Waals surface area contributed by atoms with Gasteiger partial charge in [-0.1, -0.05) is 35.9 Å². The molecule has 0 atom stereocenters. The van der Waals surface area contributed by atoms with E-state index in [2.05, 4.69) is 17.4 Å². The average molecular weight is 370 g/mol. The maximum absolute atomic E-state index is 12.3. The highest BCUT2D eigenvalue weighted by Crippen LogP contribution is 2.35. The lowest BCUT2D eigenvalue weighted by Gasteiger charge is -2.10. The van der Waals surface area contributed by atoms with Gasteiger partial charge in [0, 0.05) is 23.9 Å². The first-order chi connectivity index (χ1) is 12.1. The summed E-state index contributed by atoms with van der Waals surface area (Å²) in [7, 11) is 0. The molecule has 126 valence electrons. The number of carbonyl (C=O) groups is 2. The number of Topliss-reactive ketones (excluding diaryl/α,β-unsaturated/α-hetero) is 1. The summed E-state index contributed by atoms with van der Waals surface area (Å²) in [6.07, 6.45) is 2.46. The molecule has 3 aromatic rings. The van der Waals surface area contributed by atoms with Crippen LogP contribution in [0.3, 0.4) is 0 Å². The van der Waals surface area contributed by atoms with Gasteiger partial charge in [0.2, 0.25) is 5.91 Å². The summed E-state index contributed by atoms with van der Waals surface area (Å²) < 4.78 is 0.584. The third-order valence-corrected chi connectivity index (χ3v) is 5.85. The van der Waals surface area contributed by atoms with Gasteiger partial charge in [0.05, 0.1) is 9.21 Å². The second kappa shape index (κ2) is 6.62. The van der Waals surface area contributed by atoms with Gasteiger partial charge >= 0.3 is 0 Å². The van der Waals surface area contributed by atoms with Gasteiger partial charge in [-0.15, -0.1) is 11.3 Å². The van der Waals surface area contributed by atoms with Gasteiger partial charge in [-0.05, 0) is 47.6 Å². The largest absolute Gasteiger partial charge is 0.326 e. The van der Waals surface area contributed by atoms with Crippen molar-refractivity contribution < 1.29 is 9.59 Å². The number of carbonyl (C=O) groups excluding carboxylic acids is 2. The molecule has 25 heavy (non-hydrogen) atoms. The first-order valence-corrected chi connectivity index (χ1v) is 9.43. The zero-order valence-corrected chi connectivity index (χ0v) is 15.0. The van der Waals surface area contributed by atoms with Gasteiger partial charge in [0.1, 0.15) is 0 Å². The zero-order valence-electron chi connectivity index (χ0n) is 13.5. The molecule has 1 heterocycles. The highest BCUT2D eigenvalue weighted by molar-refractivity contribution is 7.18. The maximum atomic E-state index is 12.3. The number of hydrogen-bond acceptors (Lipinski definition) is 3. The van der Waals surface area contributed by atoms with Crippen LogP contribution >= 0.6 is 22.9 Å². The van der Waals surface area contributed by atoms with Gasteiger partial charge in [-0.3, -0.25) is 9.59 Å². The Morgan fingerprint density at radius 2 is 1.80 bits per heavy atom. The van der Waals surface area contributed by atoms with Crippen molar-refractivity contribution in [3.05, 3.63) is 62.8 Å². The van der Waals surface area contributed by atoms with E-state index in [0.29, 0.717) is 9.21 Å². The van der Waals surface area contributed by atoms with Crippen LogP contribution in [0.5, 0.6) is 0 Å². The number of amides is 1. The first kappa shape index (κ1) is 16.3. The number of rotatable bonds is 5. The number of anilines is 1. The van der Waals surface area contributed by atoms with Crippen LogP contribution in [0.4, 0.5) is 5.69 Å². The summed E-state index contributed by atoms with van der Waals surface area (Å²) in [5.41, 5.74) is 3.50. The normalized spacial score (nSPS) is 12.5. The summed E-state index contributed by atoms with van der Waals surface area (Å²) in [6.45, 7) is 0. The van der Waals surface area contributed by atoms with Crippen LogP contribution in [0.2, 0.25) is 4.34 Å².